The van der Waals surface area contributed by atoms with Gasteiger partial charge >= 0.3 is 12.0 Å². The number of primary amides is 1. The van der Waals surface area contributed by atoms with Crippen LogP contribution in [0.2, 0.25) is 5.02 Å². The molecule has 1 atom stereocenters. The van der Waals surface area contributed by atoms with Crippen molar-refractivity contribution in [2.24, 2.45) is 5.73 Å². The van der Waals surface area contributed by atoms with E-state index >= 15 is 0 Å². The van der Waals surface area contributed by atoms with E-state index in [-0.39, 0.29) is 12.3 Å². The zero-order valence-corrected chi connectivity index (χ0v) is 19.7. The molecule has 0 saturated heterocycles. The normalized spacial score (nSPS) is 11.5. The molecule has 9 heteroatoms. The second kappa shape index (κ2) is 11.4. The first-order chi connectivity index (χ1) is 16.2. The number of methoxy groups -OCH3 is 1. The number of urea groups is 1. The van der Waals surface area contributed by atoms with Gasteiger partial charge in [-0.1, -0.05) is 41.9 Å². The zero-order valence-electron chi connectivity index (χ0n) is 18.9. The van der Waals surface area contributed by atoms with E-state index in [4.69, 9.17) is 26.8 Å². The minimum Gasteiger partial charge on any atom is -0.497 e. The molecular formula is C25H26ClN3O5. The van der Waals surface area contributed by atoms with Crippen LogP contribution in [0.3, 0.4) is 0 Å². The molecule has 0 heterocycles. The fourth-order valence-corrected chi connectivity index (χ4v) is 3.58. The molecule has 0 aliphatic carbocycles. The highest BCUT2D eigenvalue weighted by Crippen LogP contribution is 2.23. The minimum absolute atomic E-state index is 0.185. The van der Waals surface area contributed by atoms with Crippen molar-refractivity contribution < 1.29 is 23.9 Å². The average Bonchev–Trinajstić information content (AvgIpc) is 2.81. The van der Waals surface area contributed by atoms with Crippen molar-refractivity contribution in [1.82, 2.24) is 10.2 Å². The van der Waals surface area contributed by atoms with E-state index in [2.05, 4.69) is 5.32 Å². The van der Waals surface area contributed by atoms with Gasteiger partial charge in [0.1, 0.15) is 5.75 Å². The monoisotopic (exact) mass is 483 g/mol. The average molecular weight is 484 g/mol. The van der Waals surface area contributed by atoms with Crippen LogP contribution in [0, 0.1) is 0 Å². The van der Waals surface area contributed by atoms with E-state index in [9.17, 15) is 14.4 Å². The van der Waals surface area contributed by atoms with E-state index in [1.165, 1.54) is 4.90 Å². The van der Waals surface area contributed by atoms with Crippen molar-refractivity contribution in [2.75, 3.05) is 20.8 Å². The summed E-state index contributed by atoms with van der Waals surface area (Å²) in [5, 5.41) is 5.08. The number of ether oxygens (including phenoxy) is 2. The van der Waals surface area contributed by atoms with Crippen LogP contribution in [-0.4, -0.2) is 43.6 Å². The summed E-state index contributed by atoms with van der Waals surface area (Å²) in [5.74, 6) is -0.220. The Labute approximate surface area is 202 Å². The predicted octanol–water partition coefficient (Wildman–Crippen LogP) is 3.80. The molecule has 0 unspecified atom stereocenters. The maximum Gasteiger partial charge on any atom is 0.312 e. The number of amides is 3. The van der Waals surface area contributed by atoms with Gasteiger partial charge in [0.2, 0.25) is 0 Å². The lowest BCUT2D eigenvalue weighted by molar-refractivity contribution is -0.152. The van der Waals surface area contributed by atoms with Crippen molar-refractivity contribution >= 4 is 40.3 Å². The molecule has 8 nitrogen and oxygen atoms in total. The molecule has 34 heavy (non-hydrogen) atoms. The van der Waals surface area contributed by atoms with Crippen molar-refractivity contribution in [3.8, 4) is 5.75 Å². The predicted molar refractivity (Wildman–Crippen MR) is 129 cm³/mol. The Balaban J connectivity index is 1.55. The number of hydrogen-bond donors (Lipinski definition) is 2. The van der Waals surface area contributed by atoms with Gasteiger partial charge in [-0.2, -0.15) is 0 Å². The molecule has 0 aliphatic heterocycles. The van der Waals surface area contributed by atoms with E-state index in [0.29, 0.717) is 17.1 Å². The summed E-state index contributed by atoms with van der Waals surface area (Å²) in [6.45, 7) is -0.0565. The Hall–Kier alpha value is -3.78. The number of fused-ring (bicyclic) bond motifs is 1. The molecule has 0 aliphatic rings. The minimum atomic E-state index is -0.780. The van der Waals surface area contributed by atoms with Gasteiger partial charge in [0.15, 0.2) is 6.61 Å². The number of nitrogens with one attached hydrogen (secondary N) is 1. The molecule has 0 aromatic heterocycles. The van der Waals surface area contributed by atoms with Gasteiger partial charge in [0, 0.05) is 18.6 Å². The maximum atomic E-state index is 12.5. The van der Waals surface area contributed by atoms with Gasteiger partial charge in [-0.3, -0.25) is 9.59 Å². The van der Waals surface area contributed by atoms with Gasteiger partial charge in [0.05, 0.1) is 19.6 Å². The lowest BCUT2D eigenvalue weighted by Gasteiger charge is -2.19. The van der Waals surface area contributed by atoms with Crippen LogP contribution in [0.4, 0.5) is 4.79 Å². The number of halogens is 1. The fraction of sp³-hybridized carbons (Fsp3) is 0.240. The molecule has 3 amide bonds. The summed E-state index contributed by atoms with van der Waals surface area (Å²) >= 11 is 5.89. The van der Waals surface area contributed by atoms with Crippen molar-refractivity contribution in [1.29, 1.82) is 0 Å². The lowest BCUT2D eigenvalue weighted by Crippen LogP contribution is -2.35. The summed E-state index contributed by atoms with van der Waals surface area (Å²) < 4.78 is 10.4. The van der Waals surface area contributed by atoms with Crippen LogP contribution in [0.5, 0.6) is 5.75 Å². The van der Waals surface area contributed by atoms with Gasteiger partial charge in [-0.05, 0) is 52.2 Å². The first kappa shape index (κ1) is 24.9. The highest BCUT2D eigenvalue weighted by atomic mass is 35.5. The summed E-state index contributed by atoms with van der Waals surface area (Å²) in [6.07, 6.45) is -0.185. The van der Waals surface area contributed by atoms with Crippen LogP contribution in [0.25, 0.3) is 10.8 Å². The number of rotatable bonds is 9. The number of carbonyl (C=O) groups excluding carboxylic acids is 3. The second-order valence-corrected chi connectivity index (χ2v) is 8.21. The fourth-order valence-electron chi connectivity index (χ4n) is 3.46. The maximum absolute atomic E-state index is 12.5. The lowest BCUT2D eigenvalue weighted by atomic mass is 10.0. The number of nitrogens with zero attached hydrogens (tertiary/aromatic N) is 1. The Bertz CT molecular complexity index is 1180. The molecule has 3 rings (SSSR count). The molecule has 0 fully saturated rings. The highest BCUT2D eigenvalue weighted by molar-refractivity contribution is 6.30. The Kier molecular flexibility index (Phi) is 8.32. The van der Waals surface area contributed by atoms with Crippen LogP contribution in [-0.2, 0) is 20.9 Å². The standard InChI is InChI=1S/C25H26ClN3O5/c1-29(14-16-3-4-19-12-21(33-2)10-7-18(19)11-16)23(30)15-34-24(31)13-22(28-25(27)32)17-5-8-20(26)9-6-17/h3-12,22H,13-15H2,1-2H3,(H3,27,28,32)/t22-/m1/s1. The highest BCUT2D eigenvalue weighted by Gasteiger charge is 2.20. The SMILES string of the molecule is COc1ccc2cc(CN(C)C(=O)COC(=O)C[C@@H](NC(N)=O)c3ccc(Cl)cc3)ccc2c1. The summed E-state index contributed by atoms with van der Waals surface area (Å²) in [5.41, 5.74) is 6.80. The molecule has 3 aromatic rings. The van der Waals surface area contributed by atoms with E-state index in [1.807, 2.05) is 36.4 Å². The van der Waals surface area contributed by atoms with Gasteiger partial charge in [-0.25, -0.2) is 4.79 Å². The molecule has 178 valence electrons. The van der Waals surface area contributed by atoms with Crippen LogP contribution >= 0.6 is 11.6 Å². The van der Waals surface area contributed by atoms with Crippen molar-refractivity contribution in [2.45, 2.75) is 19.0 Å². The molecule has 0 spiro atoms. The Morgan fingerprint density at radius 3 is 2.38 bits per heavy atom. The summed E-state index contributed by atoms with van der Waals surface area (Å²) in [4.78, 5) is 37.7. The van der Waals surface area contributed by atoms with Crippen molar-refractivity contribution in [3.05, 3.63) is 76.8 Å². The quantitative estimate of drug-likeness (QED) is 0.450. The molecule has 0 saturated carbocycles. The van der Waals surface area contributed by atoms with Gasteiger partial charge < -0.3 is 25.4 Å². The molecule has 3 N–H and O–H groups in total. The van der Waals surface area contributed by atoms with E-state index < -0.39 is 24.6 Å². The van der Waals surface area contributed by atoms with Crippen molar-refractivity contribution in [3.63, 3.8) is 0 Å². The first-order valence-electron chi connectivity index (χ1n) is 10.5. The molecule has 3 aromatic carbocycles. The second-order valence-electron chi connectivity index (χ2n) is 7.77. The molecular weight excluding hydrogens is 458 g/mol. The third kappa shape index (κ3) is 6.86. The van der Waals surface area contributed by atoms with Gasteiger partial charge in [-0.15, -0.1) is 0 Å². The van der Waals surface area contributed by atoms with Crippen LogP contribution in [0.1, 0.15) is 23.6 Å². The number of likely N-dealkylation sites (N-methyl/N-ethyl adjacent to an activating group) is 1. The van der Waals surface area contributed by atoms with Crippen LogP contribution < -0.4 is 15.8 Å². The largest absolute Gasteiger partial charge is 0.497 e. The molecule has 0 bridgehead atoms. The number of hydrogen-bond acceptors (Lipinski definition) is 5. The van der Waals surface area contributed by atoms with E-state index in [1.54, 1.807) is 38.4 Å². The first-order valence-corrected chi connectivity index (χ1v) is 10.9. The smallest absolute Gasteiger partial charge is 0.312 e. The zero-order chi connectivity index (χ0) is 24.7. The number of benzene rings is 3. The third-order valence-electron chi connectivity index (χ3n) is 5.27. The number of carbonyl (C=O) groups is 3. The Morgan fingerprint density at radius 1 is 1.03 bits per heavy atom. The topological polar surface area (TPSA) is 111 Å². The number of nitrogens with two attached hydrogens (primary N) is 1. The van der Waals surface area contributed by atoms with E-state index in [0.717, 1.165) is 22.1 Å². The molecule has 0 radical (unpaired) electrons. The van der Waals surface area contributed by atoms with Gasteiger partial charge in [0.25, 0.3) is 5.91 Å². The summed E-state index contributed by atoms with van der Waals surface area (Å²) in [6, 6.07) is 16.8. The Morgan fingerprint density at radius 2 is 1.71 bits per heavy atom. The third-order valence-corrected chi connectivity index (χ3v) is 5.53. The summed E-state index contributed by atoms with van der Waals surface area (Å²) in [7, 11) is 3.26. The number of esters is 1. The van der Waals surface area contributed by atoms with Crippen LogP contribution in [0.15, 0.2) is 60.7 Å².